The number of alkyl halides is 3. The molecule has 2 nitrogen and oxygen atoms in total. The molecule has 0 radical (unpaired) electrons. The summed E-state index contributed by atoms with van der Waals surface area (Å²) in [6.45, 7) is 4.04. The van der Waals surface area contributed by atoms with Crippen LogP contribution in [0.5, 0.6) is 0 Å². The summed E-state index contributed by atoms with van der Waals surface area (Å²) in [6, 6.07) is 0. The average Bonchev–Trinajstić information content (AvgIpc) is 2.37. The number of halogens is 4. The largest absolute Gasteiger partial charge is 0.393 e. The second-order valence-electron chi connectivity index (χ2n) is 5.66. The molecule has 2 saturated heterocycles. The lowest BCUT2D eigenvalue weighted by atomic mass is 9.93. The normalized spacial score (nSPS) is 27.0. The van der Waals surface area contributed by atoms with Crippen LogP contribution in [0.1, 0.15) is 32.1 Å². The van der Waals surface area contributed by atoms with E-state index < -0.39 is 12.1 Å². The van der Waals surface area contributed by atoms with Crippen LogP contribution >= 0.6 is 12.4 Å². The fourth-order valence-corrected chi connectivity index (χ4v) is 3.06. The summed E-state index contributed by atoms with van der Waals surface area (Å²) in [5.74, 6) is -0.392. The van der Waals surface area contributed by atoms with Gasteiger partial charge in [0.25, 0.3) is 0 Å². The van der Waals surface area contributed by atoms with Crippen molar-refractivity contribution in [1.29, 1.82) is 0 Å². The van der Waals surface area contributed by atoms with Crippen molar-refractivity contribution in [1.82, 2.24) is 10.2 Å². The minimum atomic E-state index is -4.01. The van der Waals surface area contributed by atoms with E-state index in [4.69, 9.17) is 0 Å². The first-order valence-corrected chi connectivity index (χ1v) is 7.05. The number of nitrogens with one attached hydrogen (secondary N) is 1. The van der Waals surface area contributed by atoms with E-state index in [2.05, 4.69) is 5.32 Å². The third-order valence-corrected chi connectivity index (χ3v) is 4.28. The molecule has 2 aliphatic heterocycles. The molecular weight excluding hydrogens is 277 g/mol. The highest BCUT2D eigenvalue weighted by atomic mass is 35.5. The van der Waals surface area contributed by atoms with Crippen LogP contribution in [0.25, 0.3) is 0 Å². The molecule has 114 valence electrons. The number of piperidine rings is 2. The van der Waals surface area contributed by atoms with Crippen LogP contribution < -0.4 is 5.32 Å². The number of hydrogen-bond donors (Lipinski definition) is 1. The van der Waals surface area contributed by atoms with Gasteiger partial charge in [0.15, 0.2) is 0 Å². The van der Waals surface area contributed by atoms with E-state index in [0.29, 0.717) is 18.8 Å². The summed E-state index contributed by atoms with van der Waals surface area (Å²) in [5, 5.41) is 3.32. The molecule has 6 heteroatoms. The number of nitrogens with zero attached hydrogens (tertiary/aromatic N) is 1. The minimum Gasteiger partial charge on any atom is -0.317 e. The lowest BCUT2D eigenvalue weighted by Crippen LogP contribution is -2.42. The van der Waals surface area contributed by atoms with Crippen LogP contribution in [0.15, 0.2) is 0 Å². The number of rotatable bonds is 3. The van der Waals surface area contributed by atoms with Crippen molar-refractivity contribution in [3.05, 3.63) is 0 Å². The van der Waals surface area contributed by atoms with Crippen LogP contribution in [-0.2, 0) is 0 Å². The lowest BCUT2D eigenvalue weighted by Gasteiger charge is -2.34. The van der Waals surface area contributed by atoms with Gasteiger partial charge >= 0.3 is 6.18 Å². The smallest absolute Gasteiger partial charge is 0.317 e. The molecule has 0 aromatic rings. The van der Waals surface area contributed by atoms with Crippen molar-refractivity contribution >= 4 is 12.4 Å². The number of likely N-dealkylation sites (tertiary alicyclic amines) is 1. The molecule has 0 aromatic carbocycles. The predicted molar refractivity (Wildman–Crippen MR) is 72.7 cm³/mol. The summed E-state index contributed by atoms with van der Waals surface area (Å²) in [5.41, 5.74) is 0. The third kappa shape index (κ3) is 5.48. The topological polar surface area (TPSA) is 15.3 Å². The molecule has 2 rings (SSSR count). The van der Waals surface area contributed by atoms with Gasteiger partial charge in [0.05, 0.1) is 5.92 Å². The Morgan fingerprint density at radius 3 is 2.42 bits per heavy atom. The molecule has 19 heavy (non-hydrogen) atoms. The first-order valence-electron chi connectivity index (χ1n) is 7.05. The Hall–Kier alpha value is -0.0000000000000000416. The van der Waals surface area contributed by atoms with Gasteiger partial charge in [-0.15, -0.1) is 12.4 Å². The Morgan fingerprint density at radius 1 is 1.11 bits per heavy atom. The molecule has 1 N–H and O–H groups in total. The van der Waals surface area contributed by atoms with E-state index in [1.54, 1.807) is 0 Å². The van der Waals surface area contributed by atoms with Gasteiger partial charge in [0.2, 0.25) is 0 Å². The van der Waals surface area contributed by atoms with Gasteiger partial charge in [0.1, 0.15) is 0 Å². The zero-order chi connectivity index (χ0) is 13.0. The molecule has 2 aliphatic rings. The fourth-order valence-electron chi connectivity index (χ4n) is 3.06. The third-order valence-electron chi connectivity index (χ3n) is 4.28. The maximum Gasteiger partial charge on any atom is 0.393 e. The second kappa shape index (κ2) is 7.70. The van der Waals surface area contributed by atoms with Gasteiger partial charge < -0.3 is 10.2 Å². The molecule has 0 saturated carbocycles. The quantitative estimate of drug-likeness (QED) is 0.862. The van der Waals surface area contributed by atoms with Crippen molar-refractivity contribution in [2.75, 3.05) is 32.7 Å². The van der Waals surface area contributed by atoms with E-state index in [1.165, 1.54) is 12.8 Å². The van der Waals surface area contributed by atoms with E-state index in [9.17, 15) is 13.2 Å². The molecule has 2 fully saturated rings. The van der Waals surface area contributed by atoms with Crippen LogP contribution in [-0.4, -0.2) is 43.8 Å². The molecule has 0 aliphatic carbocycles. The van der Waals surface area contributed by atoms with Gasteiger partial charge in [-0.1, -0.05) is 0 Å². The summed E-state index contributed by atoms with van der Waals surface area (Å²) in [6.07, 6.45) is 0.413. The number of hydrogen-bond acceptors (Lipinski definition) is 2. The molecule has 0 aromatic heterocycles. The highest BCUT2D eigenvalue weighted by Gasteiger charge is 2.41. The first kappa shape index (κ1) is 17.1. The molecule has 0 spiro atoms. The van der Waals surface area contributed by atoms with E-state index in [-0.39, 0.29) is 19.0 Å². The average molecular weight is 301 g/mol. The maximum atomic E-state index is 12.7. The van der Waals surface area contributed by atoms with Crippen LogP contribution in [0, 0.1) is 11.8 Å². The van der Waals surface area contributed by atoms with Crippen LogP contribution in [0.4, 0.5) is 13.2 Å². The Bertz CT molecular complexity index is 255. The van der Waals surface area contributed by atoms with E-state index in [1.807, 2.05) is 4.90 Å². The van der Waals surface area contributed by atoms with Crippen molar-refractivity contribution in [3.8, 4) is 0 Å². The Morgan fingerprint density at radius 2 is 1.79 bits per heavy atom. The van der Waals surface area contributed by atoms with Crippen molar-refractivity contribution in [2.24, 2.45) is 11.8 Å². The van der Waals surface area contributed by atoms with Crippen LogP contribution in [0.2, 0.25) is 0 Å². The maximum absolute atomic E-state index is 12.7. The Balaban J connectivity index is 0.00000180. The van der Waals surface area contributed by atoms with Gasteiger partial charge in [-0.2, -0.15) is 13.2 Å². The summed E-state index contributed by atoms with van der Waals surface area (Å²) in [4.78, 5) is 2.02. The van der Waals surface area contributed by atoms with Crippen molar-refractivity contribution in [2.45, 2.75) is 38.3 Å². The van der Waals surface area contributed by atoms with Gasteiger partial charge in [-0.05, 0) is 64.2 Å². The van der Waals surface area contributed by atoms with Gasteiger partial charge in [0, 0.05) is 6.54 Å². The minimum absolute atomic E-state index is 0. The molecular formula is C13H24ClF3N2. The highest BCUT2D eigenvalue weighted by Crippen LogP contribution is 2.33. The molecule has 0 amide bonds. The first-order chi connectivity index (χ1) is 8.55. The zero-order valence-electron chi connectivity index (χ0n) is 11.2. The predicted octanol–water partition coefficient (Wildman–Crippen LogP) is 3.07. The van der Waals surface area contributed by atoms with Gasteiger partial charge in [-0.3, -0.25) is 0 Å². The summed E-state index contributed by atoms with van der Waals surface area (Å²) < 4.78 is 38.0. The lowest BCUT2D eigenvalue weighted by molar-refractivity contribution is -0.186. The SMILES string of the molecule is Cl.FC(F)(F)C1CCCN(CCC2CCNCC2)C1. The summed E-state index contributed by atoms with van der Waals surface area (Å²) in [7, 11) is 0. The Labute approximate surface area is 119 Å². The molecule has 2 heterocycles. The monoisotopic (exact) mass is 300 g/mol. The van der Waals surface area contributed by atoms with Crippen molar-refractivity contribution < 1.29 is 13.2 Å². The van der Waals surface area contributed by atoms with E-state index in [0.717, 1.165) is 32.6 Å². The standard InChI is InChI=1S/C13H23F3N2.ClH/c14-13(15,16)12-2-1-8-18(10-12)9-5-11-3-6-17-7-4-11;/h11-12,17H,1-10H2;1H. The molecule has 0 bridgehead atoms. The molecule has 1 atom stereocenters. The fraction of sp³-hybridized carbons (Fsp3) is 1.00. The molecule has 1 unspecified atom stereocenters. The van der Waals surface area contributed by atoms with Gasteiger partial charge in [-0.25, -0.2) is 0 Å². The van der Waals surface area contributed by atoms with Crippen LogP contribution in [0.3, 0.4) is 0 Å². The second-order valence-corrected chi connectivity index (χ2v) is 5.66. The zero-order valence-corrected chi connectivity index (χ0v) is 12.0. The summed E-state index contributed by atoms with van der Waals surface area (Å²) >= 11 is 0. The van der Waals surface area contributed by atoms with Crippen molar-refractivity contribution in [3.63, 3.8) is 0 Å². The Kier molecular flexibility index (Phi) is 6.91. The van der Waals surface area contributed by atoms with E-state index >= 15 is 0 Å². The highest BCUT2D eigenvalue weighted by molar-refractivity contribution is 5.85.